The maximum absolute atomic E-state index is 5.94. The quantitative estimate of drug-likeness (QED) is 0.744. The minimum Gasteiger partial charge on any atom is -0.310 e. The SMILES string of the molecule is CCSCCC(C)NCc1ccc(Cl)cc1C. The molecule has 0 aromatic heterocycles. The number of aryl methyl sites for hydroxylation is 1. The van der Waals surface area contributed by atoms with Gasteiger partial charge in [0.2, 0.25) is 0 Å². The fourth-order valence-corrected chi connectivity index (χ4v) is 2.68. The van der Waals surface area contributed by atoms with Crippen LogP contribution in [0.5, 0.6) is 0 Å². The Balaban J connectivity index is 2.34. The molecule has 0 heterocycles. The average molecular weight is 272 g/mol. The molecule has 1 rings (SSSR count). The van der Waals surface area contributed by atoms with Crippen LogP contribution in [0, 0.1) is 6.92 Å². The summed E-state index contributed by atoms with van der Waals surface area (Å²) < 4.78 is 0. The zero-order valence-electron chi connectivity index (χ0n) is 10.9. The second kappa shape index (κ2) is 8.02. The van der Waals surface area contributed by atoms with E-state index in [1.807, 2.05) is 23.9 Å². The summed E-state index contributed by atoms with van der Waals surface area (Å²) in [4.78, 5) is 0. The van der Waals surface area contributed by atoms with Gasteiger partial charge in [0.1, 0.15) is 0 Å². The lowest BCUT2D eigenvalue weighted by molar-refractivity contribution is 0.536. The number of hydrogen-bond donors (Lipinski definition) is 1. The molecule has 1 atom stereocenters. The normalized spacial score (nSPS) is 12.7. The van der Waals surface area contributed by atoms with Gasteiger partial charge in [-0.2, -0.15) is 11.8 Å². The van der Waals surface area contributed by atoms with Crippen molar-refractivity contribution in [2.24, 2.45) is 0 Å². The molecule has 0 amide bonds. The van der Waals surface area contributed by atoms with Crippen molar-refractivity contribution >= 4 is 23.4 Å². The van der Waals surface area contributed by atoms with Crippen molar-refractivity contribution in [2.75, 3.05) is 11.5 Å². The van der Waals surface area contributed by atoms with Gasteiger partial charge in [-0.3, -0.25) is 0 Å². The van der Waals surface area contributed by atoms with Crippen molar-refractivity contribution in [2.45, 2.75) is 39.8 Å². The lowest BCUT2D eigenvalue weighted by atomic mass is 10.1. The van der Waals surface area contributed by atoms with E-state index in [1.165, 1.54) is 29.1 Å². The Bertz CT molecular complexity index is 341. The fourth-order valence-electron chi connectivity index (χ4n) is 1.65. The molecule has 1 aromatic carbocycles. The highest BCUT2D eigenvalue weighted by molar-refractivity contribution is 7.99. The summed E-state index contributed by atoms with van der Waals surface area (Å²) in [6.45, 7) is 7.50. The van der Waals surface area contributed by atoms with Crippen molar-refractivity contribution in [1.82, 2.24) is 5.32 Å². The first-order valence-corrected chi connectivity index (χ1v) is 7.73. The third-order valence-electron chi connectivity index (χ3n) is 2.84. The molecule has 1 unspecified atom stereocenters. The first-order valence-electron chi connectivity index (χ1n) is 6.19. The van der Waals surface area contributed by atoms with E-state index < -0.39 is 0 Å². The summed E-state index contributed by atoms with van der Waals surface area (Å²) in [5.41, 5.74) is 2.60. The Morgan fingerprint density at radius 2 is 2.18 bits per heavy atom. The topological polar surface area (TPSA) is 12.0 Å². The molecule has 0 spiro atoms. The standard InChI is InChI=1S/C14H22ClNS/c1-4-17-8-7-12(3)16-10-13-5-6-14(15)9-11(13)2/h5-6,9,12,16H,4,7-8,10H2,1-3H3. The summed E-state index contributed by atoms with van der Waals surface area (Å²) in [7, 11) is 0. The van der Waals surface area contributed by atoms with Gasteiger partial charge in [0.15, 0.2) is 0 Å². The van der Waals surface area contributed by atoms with Gasteiger partial charge in [0.25, 0.3) is 0 Å². The third-order valence-corrected chi connectivity index (χ3v) is 4.01. The van der Waals surface area contributed by atoms with E-state index in [0.717, 1.165) is 11.6 Å². The lowest BCUT2D eigenvalue weighted by Gasteiger charge is -2.14. The van der Waals surface area contributed by atoms with Gasteiger partial charge < -0.3 is 5.32 Å². The lowest BCUT2D eigenvalue weighted by Crippen LogP contribution is -2.26. The third kappa shape index (κ3) is 5.80. The second-order valence-electron chi connectivity index (χ2n) is 4.34. The number of nitrogens with one attached hydrogen (secondary N) is 1. The van der Waals surface area contributed by atoms with Gasteiger partial charge in [-0.1, -0.05) is 24.6 Å². The highest BCUT2D eigenvalue weighted by Gasteiger charge is 2.03. The Labute approximate surface area is 114 Å². The summed E-state index contributed by atoms with van der Waals surface area (Å²) in [5, 5.41) is 4.38. The molecule has 0 saturated heterocycles. The van der Waals surface area contributed by atoms with Crippen molar-refractivity contribution in [3.05, 3.63) is 34.3 Å². The minimum atomic E-state index is 0.573. The predicted molar refractivity (Wildman–Crippen MR) is 80.1 cm³/mol. The molecule has 1 N–H and O–H groups in total. The van der Waals surface area contributed by atoms with Crippen LogP contribution in [0.15, 0.2) is 18.2 Å². The van der Waals surface area contributed by atoms with E-state index >= 15 is 0 Å². The predicted octanol–water partition coefficient (Wildman–Crippen LogP) is 4.27. The van der Waals surface area contributed by atoms with Crippen LogP contribution in [-0.4, -0.2) is 17.5 Å². The van der Waals surface area contributed by atoms with Crippen LogP contribution in [0.2, 0.25) is 5.02 Å². The van der Waals surface area contributed by atoms with E-state index in [1.54, 1.807) is 0 Å². The van der Waals surface area contributed by atoms with Gasteiger partial charge in [-0.25, -0.2) is 0 Å². The molecule has 0 saturated carbocycles. The van der Waals surface area contributed by atoms with Crippen LogP contribution >= 0.6 is 23.4 Å². The molecule has 3 heteroatoms. The van der Waals surface area contributed by atoms with Crippen LogP contribution in [0.3, 0.4) is 0 Å². The summed E-state index contributed by atoms with van der Waals surface area (Å²) in [6.07, 6.45) is 1.23. The molecule has 17 heavy (non-hydrogen) atoms. The fraction of sp³-hybridized carbons (Fsp3) is 0.571. The number of halogens is 1. The molecule has 1 nitrogen and oxygen atoms in total. The molecule has 0 aliphatic carbocycles. The Hall–Kier alpha value is -0.180. The number of hydrogen-bond acceptors (Lipinski definition) is 2. The van der Waals surface area contributed by atoms with Crippen LogP contribution < -0.4 is 5.32 Å². The molecule has 0 fully saturated rings. The van der Waals surface area contributed by atoms with Crippen LogP contribution in [-0.2, 0) is 6.54 Å². The van der Waals surface area contributed by atoms with Crippen molar-refractivity contribution in [1.29, 1.82) is 0 Å². The number of thioether (sulfide) groups is 1. The summed E-state index contributed by atoms with van der Waals surface area (Å²) in [6, 6.07) is 6.67. The van der Waals surface area contributed by atoms with Crippen LogP contribution in [0.1, 0.15) is 31.4 Å². The van der Waals surface area contributed by atoms with Crippen molar-refractivity contribution in [3.63, 3.8) is 0 Å². The maximum atomic E-state index is 5.94. The summed E-state index contributed by atoms with van der Waals surface area (Å²) >= 11 is 7.95. The Kier molecular flexibility index (Phi) is 7.02. The largest absolute Gasteiger partial charge is 0.310 e. The highest BCUT2D eigenvalue weighted by Crippen LogP contribution is 2.15. The molecular weight excluding hydrogens is 250 g/mol. The van der Waals surface area contributed by atoms with Crippen LogP contribution in [0.4, 0.5) is 0 Å². The zero-order valence-corrected chi connectivity index (χ0v) is 12.5. The van der Waals surface area contributed by atoms with E-state index in [4.69, 9.17) is 11.6 Å². The smallest absolute Gasteiger partial charge is 0.0408 e. The second-order valence-corrected chi connectivity index (χ2v) is 6.17. The number of rotatable bonds is 7. The molecular formula is C14H22ClNS. The van der Waals surface area contributed by atoms with Crippen molar-refractivity contribution < 1.29 is 0 Å². The molecule has 96 valence electrons. The molecule has 0 aliphatic heterocycles. The highest BCUT2D eigenvalue weighted by atomic mass is 35.5. The first-order chi connectivity index (χ1) is 8.13. The zero-order chi connectivity index (χ0) is 12.7. The minimum absolute atomic E-state index is 0.573. The number of benzene rings is 1. The average Bonchev–Trinajstić information content (AvgIpc) is 2.28. The van der Waals surface area contributed by atoms with Gasteiger partial charge in [0, 0.05) is 17.6 Å². The molecule has 1 aromatic rings. The van der Waals surface area contributed by atoms with Gasteiger partial charge in [0.05, 0.1) is 0 Å². The Morgan fingerprint density at radius 1 is 1.41 bits per heavy atom. The monoisotopic (exact) mass is 271 g/mol. The van der Waals surface area contributed by atoms with E-state index in [9.17, 15) is 0 Å². The first kappa shape index (κ1) is 14.9. The molecule has 0 radical (unpaired) electrons. The summed E-state index contributed by atoms with van der Waals surface area (Å²) in [5.74, 6) is 2.45. The van der Waals surface area contributed by atoms with E-state index in [0.29, 0.717) is 6.04 Å². The molecule has 0 aliphatic rings. The van der Waals surface area contributed by atoms with Gasteiger partial charge >= 0.3 is 0 Å². The molecule has 0 bridgehead atoms. The van der Waals surface area contributed by atoms with E-state index in [2.05, 4.69) is 32.2 Å². The van der Waals surface area contributed by atoms with E-state index in [-0.39, 0.29) is 0 Å². The van der Waals surface area contributed by atoms with Gasteiger partial charge in [-0.15, -0.1) is 0 Å². The van der Waals surface area contributed by atoms with Crippen LogP contribution in [0.25, 0.3) is 0 Å². The maximum Gasteiger partial charge on any atom is 0.0408 e. The van der Waals surface area contributed by atoms with Crippen molar-refractivity contribution in [3.8, 4) is 0 Å². The Morgan fingerprint density at radius 3 is 2.82 bits per heavy atom. The van der Waals surface area contributed by atoms with Gasteiger partial charge in [-0.05, 0) is 55.0 Å².